The van der Waals surface area contributed by atoms with E-state index in [1.165, 1.54) is 24.9 Å². The largest absolute Gasteiger partial charge is 0.315 e. The van der Waals surface area contributed by atoms with Crippen LogP contribution in [0.3, 0.4) is 0 Å². The molecule has 1 fully saturated rings. The van der Waals surface area contributed by atoms with E-state index in [1.54, 1.807) is 11.3 Å². The van der Waals surface area contributed by atoms with E-state index in [1.807, 2.05) is 36.8 Å². The number of piperidine rings is 1. The smallest absolute Gasteiger partial charge is 0.188 e. The molecule has 0 aliphatic carbocycles. The van der Waals surface area contributed by atoms with Crippen LogP contribution < -0.4 is 5.32 Å². The Hall–Kier alpha value is -2.31. The zero-order valence-electron chi connectivity index (χ0n) is 15.8. The summed E-state index contributed by atoms with van der Waals surface area (Å²) in [5.41, 5.74) is 2.27. The Kier molecular flexibility index (Phi) is 5.45. The first-order valence-corrected chi connectivity index (χ1v) is 10.3. The molecule has 5 nitrogen and oxygen atoms in total. The Balaban J connectivity index is 1.42. The SMILES string of the molecule is CC(C)N1CCC[C@@H](c2cnc(Nc3ncc(-c4ccccc4)s3)cn2)C1. The van der Waals surface area contributed by atoms with Gasteiger partial charge in [-0.05, 0) is 38.8 Å². The molecular formula is C21H25N5S. The van der Waals surface area contributed by atoms with Gasteiger partial charge in [-0.1, -0.05) is 41.7 Å². The zero-order valence-corrected chi connectivity index (χ0v) is 16.6. The summed E-state index contributed by atoms with van der Waals surface area (Å²) in [6.07, 6.45) is 8.06. The van der Waals surface area contributed by atoms with Gasteiger partial charge in [-0.25, -0.2) is 9.97 Å². The predicted molar refractivity (Wildman–Crippen MR) is 112 cm³/mol. The number of thiazole rings is 1. The van der Waals surface area contributed by atoms with Crippen molar-refractivity contribution in [3.63, 3.8) is 0 Å². The second kappa shape index (κ2) is 8.15. The molecule has 0 bridgehead atoms. The monoisotopic (exact) mass is 379 g/mol. The van der Waals surface area contributed by atoms with Crippen molar-refractivity contribution in [2.75, 3.05) is 18.4 Å². The first-order valence-electron chi connectivity index (χ1n) is 9.53. The summed E-state index contributed by atoms with van der Waals surface area (Å²) >= 11 is 1.62. The number of aromatic nitrogens is 3. The fourth-order valence-corrected chi connectivity index (χ4v) is 4.34. The highest BCUT2D eigenvalue weighted by Gasteiger charge is 2.24. The van der Waals surface area contributed by atoms with Gasteiger partial charge in [0.1, 0.15) is 0 Å². The van der Waals surface area contributed by atoms with Gasteiger partial charge >= 0.3 is 0 Å². The van der Waals surface area contributed by atoms with Crippen molar-refractivity contribution >= 4 is 22.3 Å². The third-order valence-electron chi connectivity index (χ3n) is 5.07. The lowest BCUT2D eigenvalue weighted by Gasteiger charge is -2.35. The average molecular weight is 380 g/mol. The van der Waals surface area contributed by atoms with Gasteiger partial charge in [-0.3, -0.25) is 4.98 Å². The van der Waals surface area contributed by atoms with E-state index in [2.05, 4.69) is 51.1 Å². The van der Waals surface area contributed by atoms with Crippen LogP contribution in [0.1, 0.15) is 38.3 Å². The second-order valence-electron chi connectivity index (χ2n) is 7.28. The molecule has 27 heavy (non-hydrogen) atoms. The van der Waals surface area contributed by atoms with Crippen LogP contribution in [0.2, 0.25) is 0 Å². The third kappa shape index (κ3) is 4.34. The van der Waals surface area contributed by atoms with E-state index >= 15 is 0 Å². The topological polar surface area (TPSA) is 53.9 Å². The Morgan fingerprint density at radius 1 is 1.07 bits per heavy atom. The molecule has 3 heterocycles. The summed E-state index contributed by atoms with van der Waals surface area (Å²) in [6, 6.07) is 10.9. The molecule has 140 valence electrons. The van der Waals surface area contributed by atoms with E-state index < -0.39 is 0 Å². The van der Waals surface area contributed by atoms with Crippen LogP contribution in [-0.2, 0) is 0 Å². The Morgan fingerprint density at radius 2 is 1.93 bits per heavy atom. The van der Waals surface area contributed by atoms with Gasteiger partial charge in [0.25, 0.3) is 0 Å². The molecule has 4 rings (SSSR count). The lowest BCUT2D eigenvalue weighted by Crippen LogP contribution is -2.39. The van der Waals surface area contributed by atoms with Gasteiger partial charge in [-0.15, -0.1) is 0 Å². The maximum absolute atomic E-state index is 4.68. The molecule has 0 radical (unpaired) electrons. The number of likely N-dealkylation sites (tertiary alicyclic amines) is 1. The highest BCUT2D eigenvalue weighted by molar-refractivity contribution is 7.18. The van der Waals surface area contributed by atoms with E-state index in [0.29, 0.717) is 12.0 Å². The Bertz CT molecular complexity index is 860. The maximum Gasteiger partial charge on any atom is 0.188 e. The van der Waals surface area contributed by atoms with Crippen molar-refractivity contribution < 1.29 is 0 Å². The van der Waals surface area contributed by atoms with Gasteiger partial charge in [0, 0.05) is 24.7 Å². The molecule has 3 aromatic rings. The van der Waals surface area contributed by atoms with Gasteiger partial charge in [0.2, 0.25) is 0 Å². The van der Waals surface area contributed by atoms with Crippen LogP contribution in [0, 0.1) is 0 Å². The molecule has 1 N–H and O–H groups in total. The zero-order chi connectivity index (χ0) is 18.6. The van der Waals surface area contributed by atoms with Crippen molar-refractivity contribution in [1.29, 1.82) is 0 Å². The van der Waals surface area contributed by atoms with Crippen LogP contribution in [0.15, 0.2) is 48.9 Å². The van der Waals surface area contributed by atoms with E-state index in [9.17, 15) is 0 Å². The van der Waals surface area contributed by atoms with E-state index in [4.69, 9.17) is 0 Å². The lowest BCUT2D eigenvalue weighted by atomic mass is 9.94. The van der Waals surface area contributed by atoms with Crippen LogP contribution in [-0.4, -0.2) is 39.0 Å². The summed E-state index contributed by atoms with van der Waals surface area (Å²) in [5, 5.41) is 4.11. The van der Waals surface area contributed by atoms with E-state index in [0.717, 1.165) is 28.1 Å². The number of nitrogens with one attached hydrogen (secondary N) is 1. The lowest BCUT2D eigenvalue weighted by molar-refractivity contribution is 0.166. The minimum absolute atomic E-state index is 0.479. The first-order chi connectivity index (χ1) is 13.2. The summed E-state index contributed by atoms with van der Waals surface area (Å²) in [7, 11) is 0. The number of anilines is 2. The summed E-state index contributed by atoms with van der Waals surface area (Å²) < 4.78 is 0. The molecule has 0 amide bonds. The number of rotatable bonds is 5. The second-order valence-corrected chi connectivity index (χ2v) is 8.31. The molecule has 1 aliphatic heterocycles. The number of hydrogen-bond donors (Lipinski definition) is 1. The minimum Gasteiger partial charge on any atom is -0.315 e. The van der Waals surface area contributed by atoms with Crippen LogP contribution >= 0.6 is 11.3 Å². The molecule has 1 atom stereocenters. The van der Waals surface area contributed by atoms with E-state index in [-0.39, 0.29) is 0 Å². The molecule has 0 unspecified atom stereocenters. The predicted octanol–water partition coefficient (Wildman–Crippen LogP) is 4.93. The normalized spacial score (nSPS) is 18.0. The quantitative estimate of drug-likeness (QED) is 0.681. The summed E-state index contributed by atoms with van der Waals surface area (Å²) in [4.78, 5) is 17.4. The third-order valence-corrected chi connectivity index (χ3v) is 6.03. The molecule has 2 aromatic heterocycles. The average Bonchev–Trinajstić information content (AvgIpc) is 3.18. The van der Waals surface area contributed by atoms with Crippen LogP contribution in [0.5, 0.6) is 0 Å². The number of nitrogens with zero attached hydrogens (tertiary/aromatic N) is 4. The minimum atomic E-state index is 0.479. The van der Waals surface area contributed by atoms with Gasteiger partial charge in [-0.2, -0.15) is 0 Å². The fraction of sp³-hybridized carbons (Fsp3) is 0.381. The summed E-state index contributed by atoms with van der Waals surface area (Å²) in [6.45, 7) is 6.79. The van der Waals surface area contributed by atoms with Gasteiger partial charge < -0.3 is 10.2 Å². The molecule has 6 heteroatoms. The molecule has 1 aromatic carbocycles. The highest BCUT2D eigenvalue weighted by Crippen LogP contribution is 2.30. The molecule has 1 saturated heterocycles. The number of hydrogen-bond acceptors (Lipinski definition) is 6. The first kappa shape index (κ1) is 18.1. The fourth-order valence-electron chi connectivity index (χ4n) is 3.51. The molecular weight excluding hydrogens is 354 g/mol. The van der Waals surface area contributed by atoms with Crippen molar-refractivity contribution in [3.8, 4) is 10.4 Å². The Morgan fingerprint density at radius 3 is 2.67 bits per heavy atom. The number of benzene rings is 1. The van der Waals surface area contributed by atoms with Crippen LogP contribution in [0.4, 0.5) is 10.9 Å². The van der Waals surface area contributed by atoms with Crippen LogP contribution in [0.25, 0.3) is 10.4 Å². The standard InChI is InChI=1S/C21H25N5S/c1-15(2)26-10-6-9-17(14-26)18-11-23-20(13-22-18)25-21-24-12-19(27-21)16-7-4-3-5-8-16/h3-5,7-8,11-13,15,17H,6,9-10,14H2,1-2H3,(H,23,24,25)/t17-/m1/s1. The maximum atomic E-state index is 4.68. The van der Waals surface area contributed by atoms with Gasteiger partial charge in [0.05, 0.1) is 23.0 Å². The molecule has 1 aliphatic rings. The van der Waals surface area contributed by atoms with Crippen molar-refractivity contribution in [1.82, 2.24) is 19.9 Å². The highest BCUT2D eigenvalue weighted by atomic mass is 32.1. The molecule has 0 saturated carbocycles. The van der Waals surface area contributed by atoms with Crippen molar-refractivity contribution in [2.45, 2.75) is 38.6 Å². The van der Waals surface area contributed by atoms with Crippen molar-refractivity contribution in [3.05, 3.63) is 54.6 Å². The summed E-state index contributed by atoms with van der Waals surface area (Å²) in [5.74, 6) is 1.22. The Labute approximate surface area is 164 Å². The van der Waals surface area contributed by atoms with Crippen molar-refractivity contribution in [2.24, 2.45) is 0 Å². The molecule has 0 spiro atoms. The van der Waals surface area contributed by atoms with Gasteiger partial charge in [0.15, 0.2) is 10.9 Å².